The molecule has 0 aromatic heterocycles. The summed E-state index contributed by atoms with van der Waals surface area (Å²) in [5, 5.41) is 0. The van der Waals surface area contributed by atoms with Gasteiger partial charge in [0.15, 0.2) is 0 Å². The van der Waals surface area contributed by atoms with E-state index < -0.39 is 10.2 Å². The van der Waals surface area contributed by atoms with E-state index in [2.05, 4.69) is 4.72 Å². The summed E-state index contributed by atoms with van der Waals surface area (Å²) in [5.41, 5.74) is 0. The van der Waals surface area contributed by atoms with Crippen molar-refractivity contribution in [1.29, 1.82) is 0 Å². The molecule has 15 heavy (non-hydrogen) atoms. The highest BCUT2D eigenvalue weighted by molar-refractivity contribution is 7.87. The third-order valence-corrected chi connectivity index (χ3v) is 4.91. The molecule has 1 saturated carbocycles. The van der Waals surface area contributed by atoms with Crippen LogP contribution in [0.1, 0.15) is 26.2 Å². The van der Waals surface area contributed by atoms with Gasteiger partial charge in [-0.05, 0) is 12.3 Å². The first-order valence-corrected chi connectivity index (χ1v) is 6.73. The highest BCUT2D eigenvalue weighted by atomic mass is 32.2. The molecule has 1 saturated heterocycles. The molecule has 1 aliphatic carbocycles. The number of carbonyl (C=O) groups is 1. The molecule has 0 bridgehead atoms. The normalized spacial score (nSPS) is 37.0. The number of nitrogens with one attached hydrogen (secondary N) is 1. The minimum atomic E-state index is -3.31. The molecule has 2 aliphatic rings. The van der Waals surface area contributed by atoms with E-state index in [1.165, 1.54) is 4.31 Å². The van der Waals surface area contributed by atoms with Crippen molar-refractivity contribution >= 4 is 16.0 Å². The number of hydrogen-bond donors (Lipinski definition) is 1. The van der Waals surface area contributed by atoms with Crippen molar-refractivity contribution in [2.75, 3.05) is 13.1 Å². The monoisotopic (exact) mass is 232 g/mol. The van der Waals surface area contributed by atoms with E-state index in [-0.39, 0.29) is 17.7 Å². The first kappa shape index (κ1) is 11.0. The number of Topliss-reactive ketones (excluding diaryl/α,β-unsaturated/α-hetero) is 1. The number of carbonyl (C=O) groups excluding carboxylic acids is 1. The van der Waals surface area contributed by atoms with Crippen LogP contribution in [0.25, 0.3) is 0 Å². The van der Waals surface area contributed by atoms with E-state index in [1.807, 2.05) is 6.92 Å². The van der Waals surface area contributed by atoms with Gasteiger partial charge in [-0.2, -0.15) is 12.7 Å². The first-order valence-electron chi connectivity index (χ1n) is 5.29. The van der Waals surface area contributed by atoms with E-state index in [0.29, 0.717) is 25.9 Å². The summed E-state index contributed by atoms with van der Waals surface area (Å²) in [4.78, 5) is 11.3. The molecule has 0 aromatic rings. The molecule has 86 valence electrons. The quantitative estimate of drug-likeness (QED) is 0.686. The molecule has 1 aliphatic heterocycles. The fraction of sp³-hybridized carbons (Fsp3) is 0.889. The van der Waals surface area contributed by atoms with Crippen LogP contribution in [0.15, 0.2) is 0 Å². The van der Waals surface area contributed by atoms with Gasteiger partial charge in [-0.15, -0.1) is 0 Å². The number of ketones is 1. The zero-order chi connectivity index (χ0) is 11.1. The van der Waals surface area contributed by atoms with E-state index >= 15 is 0 Å². The van der Waals surface area contributed by atoms with Crippen LogP contribution < -0.4 is 4.72 Å². The van der Waals surface area contributed by atoms with E-state index in [4.69, 9.17) is 0 Å². The van der Waals surface area contributed by atoms with Crippen molar-refractivity contribution < 1.29 is 13.2 Å². The minimum Gasteiger partial charge on any atom is -0.300 e. The molecule has 1 N–H and O–H groups in total. The SMILES string of the molecule is CC1CCC(=O)CC1N1CCNS1(=O)=O. The van der Waals surface area contributed by atoms with Crippen molar-refractivity contribution in [3.63, 3.8) is 0 Å². The van der Waals surface area contributed by atoms with Crippen molar-refractivity contribution in [3.05, 3.63) is 0 Å². The second kappa shape index (κ2) is 3.84. The topological polar surface area (TPSA) is 66.5 Å². The summed E-state index contributed by atoms with van der Waals surface area (Å²) in [5.74, 6) is 0.456. The zero-order valence-electron chi connectivity index (χ0n) is 8.77. The Kier molecular flexibility index (Phi) is 2.83. The summed E-state index contributed by atoms with van der Waals surface area (Å²) in [6, 6.07) is -0.133. The first-order chi connectivity index (χ1) is 7.00. The Balaban J connectivity index is 2.18. The Morgan fingerprint density at radius 1 is 1.47 bits per heavy atom. The molecule has 2 fully saturated rings. The molecule has 2 atom stereocenters. The molecular weight excluding hydrogens is 216 g/mol. The van der Waals surface area contributed by atoms with Crippen LogP contribution in [0, 0.1) is 5.92 Å². The summed E-state index contributed by atoms with van der Waals surface area (Å²) >= 11 is 0. The maximum atomic E-state index is 11.6. The summed E-state index contributed by atoms with van der Waals surface area (Å²) in [7, 11) is -3.31. The fourth-order valence-electron chi connectivity index (χ4n) is 2.34. The van der Waals surface area contributed by atoms with Crippen LogP contribution in [0.5, 0.6) is 0 Å². The molecule has 0 aromatic carbocycles. The molecule has 0 radical (unpaired) electrons. The Morgan fingerprint density at radius 3 is 2.80 bits per heavy atom. The number of hydrogen-bond acceptors (Lipinski definition) is 3. The van der Waals surface area contributed by atoms with Crippen LogP contribution in [-0.2, 0) is 15.0 Å². The minimum absolute atomic E-state index is 0.133. The predicted molar refractivity (Wildman–Crippen MR) is 55.4 cm³/mol. The van der Waals surface area contributed by atoms with Gasteiger partial charge in [-0.1, -0.05) is 6.92 Å². The van der Waals surface area contributed by atoms with Gasteiger partial charge in [-0.3, -0.25) is 4.79 Å². The molecule has 6 heteroatoms. The Bertz CT molecular complexity index is 366. The van der Waals surface area contributed by atoms with E-state index in [9.17, 15) is 13.2 Å². The number of rotatable bonds is 1. The second-order valence-corrected chi connectivity index (χ2v) is 6.04. The standard InChI is InChI=1S/C9H16N2O3S/c1-7-2-3-8(12)6-9(7)11-5-4-10-15(11,13)14/h7,9-10H,2-6H2,1H3. The average Bonchev–Trinajstić information content (AvgIpc) is 2.50. The van der Waals surface area contributed by atoms with Crippen molar-refractivity contribution in [2.24, 2.45) is 5.92 Å². The third kappa shape index (κ3) is 2.07. The molecule has 2 rings (SSSR count). The van der Waals surface area contributed by atoms with Gasteiger partial charge in [0.2, 0.25) is 0 Å². The lowest BCUT2D eigenvalue weighted by Crippen LogP contribution is -2.45. The van der Waals surface area contributed by atoms with Gasteiger partial charge in [0.05, 0.1) is 0 Å². The summed E-state index contributed by atoms with van der Waals surface area (Å²) in [6.45, 7) is 2.97. The number of nitrogens with zero attached hydrogens (tertiary/aromatic N) is 1. The molecule has 1 heterocycles. The summed E-state index contributed by atoms with van der Waals surface area (Å²) in [6.07, 6.45) is 1.77. The Hall–Kier alpha value is -0.460. The van der Waals surface area contributed by atoms with Crippen molar-refractivity contribution in [3.8, 4) is 0 Å². The molecule has 2 unspecified atom stereocenters. The molecular formula is C9H16N2O3S. The third-order valence-electron chi connectivity index (χ3n) is 3.27. The second-order valence-electron chi connectivity index (χ2n) is 4.34. The molecule has 0 spiro atoms. The highest BCUT2D eigenvalue weighted by Crippen LogP contribution is 2.28. The lowest BCUT2D eigenvalue weighted by atomic mass is 9.85. The van der Waals surface area contributed by atoms with Crippen molar-refractivity contribution in [1.82, 2.24) is 9.03 Å². The summed E-state index contributed by atoms with van der Waals surface area (Å²) < 4.78 is 27.2. The largest absolute Gasteiger partial charge is 0.300 e. The van der Waals surface area contributed by atoms with Gasteiger partial charge in [0, 0.05) is 32.0 Å². The van der Waals surface area contributed by atoms with Crippen LogP contribution in [-0.4, -0.2) is 37.6 Å². The zero-order valence-corrected chi connectivity index (χ0v) is 9.59. The van der Waals surface area contributed by atoms with Gasteiger partial charge < -0.3 is 0 Å². The van der Waals surface area contributed by atoms with Gasteiger partial charge in [0.1, 0.15) is 5.78 Å². The lowest BCUT2D eigenvalue weighted by molar-refractivity contribution is -0.122. The van der Waals surface area contributed by atoms with Crippen LogP contribution in [0.3, 0.4) is 0 Å². The van der Waals surface area contributed by atoms with Crippen molar-refractivity contribution in [2.45, 2.75) is 32.2 Å². The lowest BCUT2D eigenvalue weighted by Gasteiger charge is -2.33. The fourth-order valence-corrected chi connectivity index (χ4v) is 3.82. The van der Waals surface area contributed by atoms with E-state index in [1.54, 1.807) is 0 Å². The smallest absolute Gasteiger partial charge is 0.279 e. The Labute approximate surface area is 90.0 Å². The van der Waals surface area contributed by atoms with Gasteiger partial charge in [-0.25, -0.2) is 4.72 Å². The van der Waals surface area contributed by atoms with Gasteiger partial charge in [0.25, 0.3) is 10.2 Å². The molecule has 0 amide bonds. The molecule has 5 nitrogen and oxygen atoms in total. The Morgan fingerprint density at radius 2 is 2.20 bits per heavy atom. The average molecular weight is 232 g/mol. The maximum Gasteiger partial charge on any atom is 0.279 e. The predicted octanol–water partition coefficient (Wildman–Crippen LogP) is -0.106. The van der Waals surface area contributed by atoms with Crippen LogP contribution >= 0.6 is 0 Å². The highest BCUT2D eigenvalue weighted by Gasteiger charge is 2.39. The van der Waals surface area contributed by atoms with E-state index in [0.717, 1.165) is 6.42 Å². The van der Waals surface area contributed by atoms with Crippen LogP contribution in [0.4, 0.5) is 0 Å². The van der Waals surface area contributed by atoms with Crippen LogP contribution in [0.2, 0.25) is 0 Å². The maximum absolute atomic E-state index is 11.6. The van der Waals surface area contributed by atoms with Gasteiger partial charge >= 0.3 is 0 Å².